The van der Waals surface area contributed by atoms with Gasteiger partial charge in [0.25, 0.3) is 5.91 Å². The number of nitrogens with zero attached hydrogens (tertiary/aromatic N) is 2. The Morgan fingerprint density at radius 3 is 2.57 bits per heavy atom. The molecule has 1 atom stereocenters. The van der Waals surface area contributed by atoms with Crippen molar-refractivity contribution in [2.24, 2.45) is 0 Å². The molecule has 1 saturated heterocycles. The third kappa shape index (κ3) is 4.92. The van der Waals surface area contributed by atoms with Gasteiger partial charge in [-0.05, 0) is 24.6 Å². The van der Waals surface area contributed by atoms with Crippen molar-refractivity contribution in [2.75, 3.05) is 32.8 Å². The van der Waals surface area contributed by atoms with E-state index < -0.39 is 0 Å². The third-order valence-electron chi connectivity index (χ3n) is 5.23. The summed E-state index contributed by atoms with van der Waals surface area (Å²) in [6, 6.07) is 14.5. The Morgan fingerprint density at radius 2 is 1.87 bits per heavy atom. The number of aromatic nitrogens is 1. The molecule has 30 heavy (non-hydrogen) atoms. The molecule has 0 radical (unpaired) electrons. The number of hydrogen-bond acceptors (Lipinski definition) is 5. The first-order valence-electron chi connectivity index (χ1n) is 9.98. The van der Waals surface area contributed by atoms with Crippen molar-refractivity contribution in [1.82, 2.24) is 15.2 Å². The Balaban J connectivity index is 1.45. The molecule has 0 bridgehead atoms. The lowest BCUT2D eigenvalue weighted by Gasteiger charge is -2.34. The molecule has 1 amide bonds. The Morgan fingerprint density at radius 1 is 1.17 bits per heavy atom. The van der Waals surface area contributed by atoms with Crippen molar-refractivity contribution < 1.29 is 13.9 Å². The van der Waals surface area contributed by atoms with Crippen LogP contribution in [0.15, 0.2) is 53.9 Å². The molecule has 1 aromatic heterocycles. The molecule has 2 aromatic carbocycles. The van der Waals surface area contributed by atoms with E-state index in [-0.39, 0.29) is 17.8 Å². The van der Waals surface area contributed by atoms with Crippen LogP contribution in [-0.2, 0) is 4.74 Å². The molecule has 1 fully saturated rings. The summed E-state index contributed by atoms with van der Waals surface area (Å²) in [7, 11) is 0. The van der Waals surface area contributed by atoms with E-state index in [0.29, 0.717) is 25.5 Å². The predicted octanol–water partition coefficient (Wildman–Crippen LogP) is 4.06. The second-order valence-electron chi connectivity index (χ2n) is 7.33. The van der Waals surface area contributed by atoms with Crippen molar-refractivity contribution in [2.45, 2.75) is 13.0 Å². The van der Waals surface area contributed by atoms with E-state index in [0.717, 1.165) is 29.2 Å². The van der Waals surface area contributed by atoms with E-state index in [1.807, 2.05) is 31.2 Å². The van der Waals surface area contributed by atoms with E-state index in [9.17, 15) is 9.18 Å². The van der Waals surface area contributed by atoms with Gasteiger partial charge in [-0.2, -0.15) is 0 Å². The monoisotopic (exact) mass is 425 g/mol. The number of nitrogens with one attached hydrogen (secondary N) is 1. The Hall–Kier alpha value is -2.61. The lowest BCUT2D eigenvalue weighted by atomic mass is 10.0. The summed E-state index contributed by atoms with van der Waals surface area (Å²) >= 11 is 1.46. The molecule has 4 rings (SSSR count). The van der Waals surface area contributed by atoms with Crippen LogP contribution in [0.2, 0.25) is 0 Å². The first kappa shape index (κ1) is 20.7. The quantitative estimate of drug-likeness (QED) is 0.647. The van der Waals surface area contributed by atoms with Crippen LogP contribution in [0.3, 0.4) is 0 Å². The lowest BCUT2D eigenvalue weighted by Crippen LogP contribution is -2.43. The maximum atomic E-state index is 13.4. The van der Waals surface area contributed by atoms with Crippen molar-refractivity contribution >= 4 is 17.2 Å². The summed E-state index contributed by atoms with van der Waals surface area (Å²) in [5, 5.41) is 5.62. The highest BCUT2D eigenvalue weighted by atomic mass is 32.1. The Kier molecular flexibility index (Phi) is 6.52. The summed E-state index contributed by atoms with van der Waals surface area (Å²) in [6.45, 7) is 5.30. The average Bonchev–Trinajstić information content (AvgIpc) is 3.27. The number of aryl methyl sites for hydroxylation is 1. The molecule has 0 unspecified atom stereocenters. The minimum Gasteiger partial charge on any atom is -0.379 e. The average molecular weight is 426 g/mol. The maximum absolute atomic E-state index is 13.4. The zero-order chi connectivity index (χ0) is 20.9. The second kappa shape index (κ2) is 9.47. The summed E-state index contributed by atoms with van der Waals surface area (Å²) in [5.74, 6) is -0.473. The largest absolute Gasteiger partial charge is 0.379 e. The fraction of sp³-hybridized carbons (Fsp3) is 0.304. The van der Waals surface area contributed by atoms with Gasteiger partial charge in [-0.15, -0.1) is 11.3 Å². The molecule has 1 aliphatic rings. The molecular weight excluding hydrogens is 401 g/mol. The highest BCUT2D eigenvalue weighted by molar-refractivity contribution is 7.13. The SMILES string of the molecule is Cc1ccc(-c2nc(C(=O)NC[C@@H](c3ccc(F)cc3)N3CCOCC3)cs2)cc1. The molecular formula is C23H24FN3O2S. The zero-order valence-electron chi connectivity index (χ0n) is 16.8. The highest BCUT2D eigenvalue weighted by Gasteiger charge is 2.24. The normalized spacial score (nSPS) is 15.7. The fourth-order valence-electron chi connectivity index (χ4n) is 3.52. The van der Waals surface area contributed by atoms with E-state index in [2.05, 4.69) is 15.2 Å². The second-order valence-corrected chi connectivity index (χ2v) is 8.19. The molecule has 7 heteroatoms. The molecule has 2 heterocycles. The van der Waals surface area contributed by atoms with Gasteiger partial charge in [-0.1, -0.05) is 42.0 Å². The number of hydrogen-bond donors (Lipinski definition) is 1. The molecule has 3 aromatic rings. The van der Waals surface area contributed by atoms with Gasteiger partial charge < -0.3 is 10.1 Å². The van der Waals surface area contributed by atoms with Gasteiger partial charge in [0, 0.05) is 30.6 Å². The van der Waals surface area contributed by atoms with Crippen molar-refractivity contribution in [3.63, 3.8) is 0 Å². The van der Waals surface area contributed by atoms with Gasteiger partial charge in [-0.3, -0.25) is 9.69 Å². The van der Waals surface area contributed by atoms with E-state index >= 15 is 0 Å². The first-order chi connectivity index (χ1) is 14.6. The minimum absolute atomic E-state index is 0.0475. The molecule has 5 nitrogen and oxygen atoms in total. The van der Waals surface area contributed by atoms with Crippen LogP contribution >= 0.6 is 11.3 Å². The third-order valence-corrected chi connectivity index (χ3v) is 6.12. The van der Waals surface area contributed by atoms with Gasteiger partial charge >= 0.3 is 0 Å². The van der Waals surface area contributed by atoms with Gasteiger partial charge in [0.1, 0.15) is 16.5 Å². The van der Waals surface area contributed by atoms with Crippen LogP contribution in [-0.4, -0.2) is 48.6 Å². The van der Waals surface area contributed by atoms with Crippen molar-refractivity contribution in [3.05, 3.63) is 76.5 Å². The Bertz CT molecular complexity index is 982. The van der Waals surface area contributed by atoms with Crippen LogP contribution in [0, 0.1) is 12.7 Å². The minimum atomic E-state index is -0.269. The van der Waals surface area contributed by atoms with Gasteiger partial charge in [0.15, 0.2) is 0 Å². The highest BCUT2D eigenvalue weighted by Crippen LogP contribution is 2.25. The van der Waals surface area contributed by atoms with Crippen molar-refractivity contribution in [3.8, 4) is 10.6 Å². The predicted molar refractivity (Wildman–Crippen MR) is 116 cm³/mol. The molecule has 0 spiro atoms. The van der Waals surface area contributed by atoms with Crippen LogP contribution in [0.4, 0.5) is 4.39 Å². The zero-order valence-corrected chi connectivity index (χ0v) is 17.6. The van der Waals surface area contributed by atoms with E-state index in [1.165, 1.54) is 29.0 Å². The number of carbonyl (C=O) groups excluding carboxylic acids is 1. The smallest absolute Gasteiger partial charge is 0.270 e. The van der Waals surface area contributed by atoms with E-state index in [1.54, 1.807) is 17.5 Å². The number of rotatable bonds is 6. The van der Waals surface area contributed by atoms with Crippen LogP contribution < -0.4 is 5.32 Å². The van der Waals surface area contributed by atoms with Gasteiger partial charge in [0.05, 0.1) is 19.3 Å². The summed E-state index contributed by atoms with van der Waals surface area (Å²) in [5.41, 5.74) is 3.57. The van der Waals surface area contributed by atoms with Crippen LogP contribution in [0.5, 0.6) is 0 Å². The van der Waals surface area contributed by atoms with Crippen LogP contribution in [0.25, 0.3) is 10.6 Å². The number of morpholine rings is 1. The summed E-state index contributed by atoms with van der Waals surface area (Å²) in [4.78, 5) is 19.5. The molecule has 1 aliphatic heterocycles. The lowest BCUT2D eigenvalue weighted by molar-refractivity contribution is 0.0162. The van der Waals surface area contributed by atoms with Gasteiger partial charge in [0.2, 0.25) is 0 Å². The number of carbonyl (C=O) groups is 1. The van der Waals surface area contributed by atoms with Crippen molar-refractivity contribution in [1.29, 1.82) is 0 Å². The molecule has 0 saturated carbocycles. The van der Waals surface area contributed by atoms with Crippen LogP contribution in [0.1, 0.15) is 27.7 Å². The number of thiazole rings is 1. The van der Waals surface area contributed by atoms with E-state index in [4.69, 9.17) is 4.74 Å². The number of ether oxygens (including phenoxy) is 1. The number of amides is 1. The number of halogens is 1. The maximum Gasteiger partial charge on any atom is 0.270 e. The first-order valence-corrected chi connectivity index (χ1v) is 10.9. The standard InChI is InChI=1S/C23H24FN3O2S/c1-16-2-4-18(5-3-16)23-26-20(15-30-23)22(28)25-14-21(27-10-12-29-13-11-27)17-6-8-19(24)9-7-17/h2-9,15,21H,10-14H2,1H3,(H,25,28)/t21-/m0/s1. The summed E-state index contributed by atoms with van der Waals surface area (Å²) < 4.78 is 18.8. The summed E-state index contributed by atoms with van der Waals surface area (Å²) in [6.07, 6.45) is 0. The molecule has 156 valence electrons. The fourth-order valence-corrected chi connectivity index (χ4v) is 4.32. The van der Waals surface area contributed by atoms with Gasteiger partial charge in [-0.25, -0.2) is 9.37 Å². The molecule has 0 aliphatic carbocycles. The topological polar surface area (TPSA) is 54.5 Å². The molecule has 1 N–H and O–H groups in total. The Labute approximate surface area is 179 Å². The number of benzene rings is 2.